The monoisotopic (exact) mass is 336 g/mol. The highest BCUT2D eigenvalue weighted by Crippen LogP contribution is 2.33. The maximum atomic E-state index is 12.4. The van der Waals surface area contributed by atoms with Crippen molar-refractivity contribution in [3.63, 3.8) is 0 Å². The number of nitrogens with one attached hydrogen (secondary N) is 1. The van der Waals surface area contributed by atoms with Gasteiger partial charge in [0.1, 0.15) is 4.34 Å². The van der Waals surface area contributed by atoms with Gasteiger partial charge in [0.25, 0.3) is 5.91 Å². The molecule has 0 aromatic carbocycles. The number of carbonyl (C=O) groups excluding carboxylic acids is 1. The van der Waals surface area contributed by atoms with Crippen molar-refractivity contribution in [2.24, 2.45) is 0 Å². The van der Waals surface area contributed by atoms with Crippen molar-refractivity contribution in [2.75, 3.05) is 19.6 Å². The number of hydrogen-bond acceptors (Lipinski definition) is 4. The number of aliphatic carboxylic acids is 1. The van der Waals surface area contributed by atoms with Crippen LogP contribution in [0.4, 0.5) is 0 Å². The van der Waals surface area contributed by atoms with Crippen LogP contribution in [0, 0.1) is 0 Å². The van der Waals surface area contributed by atoms with Gasteiger partial charge in [-0.3, -0.25) is 14.9 Å². The third-order valence-corrected chi connectivity index (χ3v) is 4.80. The van der Waals surface area contributed by atoms with Crippen LogP contribution in [0.5, 0.6) is 0 Å². The molecule has 1 saturated heterocycles. The summed E-state index contributed by atoms with van der Waals surface area (Å²) < 4.78 is 0.858. The SMILES string of the molecule is CC1(NCC(=O)O)CCN(C(=O)c2cc(Cl)sc2Cl)C1. The first-order chi connectivity index (χ1) is 9.31. The molecule has 1 aliphatic rings. The Morgan fingerprint density at radius 3 is 2.80 bits per heavy atom. The van der Waals surface area contributed by atoms with E-state index < -0.39 is 5.97 Å². The molecule has 2 rings (SSSR count). The number of halogens is 2. The molecular weight excluding hydrogens is 323 g/mol. The van der Waals surface area contributed by atoms with Gasteiger partial charge in [-0.25, -0.2) is 0 Å². The molecule has 1 amide bonds. The Kier molecular flexibility index (Phi) is 4.59. The fourth-order valence-corrected chi connectivity index (χ4v) is 3.67. The van der Waals surface area contributed by atoms with E-state index in [1.54, 1.807) is 11.0 Å². The lowest BCUT2D eigenvalue weighted by molar-refractivity contribution is -0.136. The van der Waals surface area contributed by atoms with Gasteiger partial charge in [0.05, 0.1) is 16.4 Å². The van der Waals surface area contributed by atoms with Gasteiger partial charge in [-0.05, 0) is 19.4 Å². The zero-order chi connectivity index (χ0) is 14.9. The largest absolute Gasteiger partial charge is 0.480 e. The highest BCUT2D eigenvalue weighted by molar-refractivity contribution is 7.20. The zero-order valence-corrected chi connectivity index (χ0v) is 13.1. The van der Waals surface area contributed by atoms with Crippen LogP contribution in [-0.4, -0.2) is 47.1 Å². The molecule has 1 aromatic rings. The van der Waals surface area contributed by atoms with Crippen LogP contribution in [0.25, 0.3) is 0 Å². The summed E-state index contributed by atoms with van der Waals surface area (Å²) in [6, 6.07) is 1.57. The maximum absolute atomic E-state index is 12.4. The Labute approximate surface area is 130 Å². The third-order valence-electron chi connectivity index (χ3n) is 3.31. The van der Waals surface area contributed by atoms with Crippen molar-refractivity contribution in [1.29, 1.82) is 0 Å². The van der Waals surface area contributed by atoms with E-state index in [0.717, 1.165) is 11.3 Å². The summed E-state index contributed by atoms with van der Waals surface area (Å²) >= 11 is 13.0. The lowest BCUT2D eigenvalue weighted by Crippen LogP contribution is -2.47. The highest BCUT2D eigenvalue weighted by Gasteiger charge is 2.37. The van der Waals surface area contributed by atoms with E-state index in [-0.39, 0.29) is 18.0 Å². The fraction of sp³-hybridized carbons (Fsp3) is 0.500. The van der Waals surface area contributed by atoms with Crippen molar-refractivity contribution < 1.29 is 14.7 Å². The minimum Gasteiger partial charge on any atom is -0.480 e. The number of hydrogen-bond donors (Lipinski definition) is 2. The summed E-state index contributed by atoms with van der Waals surface area (Å²) in [5.41, 5.74) is 0.0181. The first-order valence-corrected chi connectivity index (χ1v) is 7.59. The fourth-order valence-electron chi connectivity index (χ4n) is 2.22. The summed E-state index contributed by atoms with van der Waals surface area (Å²) in [6.07, 6.45) is 0.696. The molecular formula is C12H14Cl2N2O3S. The Hall–Kier alpha value is -0.820. The Morgan fingerprint density at radius 2 is 2.25 bits per heavy atom. The molecule has 0 spiro atoms. The molecule has 110 valence electrons. The maximum Gasteiger partial charge on any atom is 0.317 e. The van der Waals surface area contributed by atoms with Gasteiger partial charge < -0.3 is 10.0 Å². The van der Waals surface area contributed by atoms with Crippen molar-refractivity contribution in [3.8, 4) is 0 Å². The Bertz CT molecular complexity index is 549. The highest BCUT2D eigenvalue weighted by atomic mass is 35.5. The molecule has 1 aromatic heterocycles. The van der Waals surface area contributed by atoms with Crippen LogP contribution >= 0.6 is 34.5 Å². The molecule has 1 unspecified atom stereocenters. The molecule has 0 aliphatic carbocycles. The number of rotatable bonds is 4. The average Bonchev–Trinajstić information content (AvgIpc) is 2.90. The first kappa shape index (κ1) is 15.6. The molecule has 20 heavy (non-hydrogen) atoms. The number of nitrogens with zero attached hydrogens (tertiary/aromatic N) is 1. The van der Waals surface area contributed by atoms with Crippen molar-refractivity contribution in [2.45, 2.75) is 18.9 Å². The molecule has 8 heteroatoms. The standard InChI is InChI=1S/C12H14Cl2N2O3S/c1-12(15-5-9(17)18)2-3-16(6-12)11(19)7-4-8(13)20-10(7)14/h4,15H,2-3,5-6H2,1H3,(H,17,18). The van der Waals surface area contributed by atoms with Gasteiger partial charge in [0.2, 0.25) is 0 Å². The van der Waals surface area contributed by atoms with E-state index >= 15 is 0 Å². The second kappa shape index (κ2) is 5.89. The van der Waals surface area contributed by atoms with Crippen LogP contribution in [0.3, 0.4) is 0 Å². The van der Waals surface area contributed by atoms with E-state index in [1.807, 2.05) is 6.92 Å². The first-order valence-electron chi connectivity index (χ1n) is 6.02. The van der Waals surface area contributed by atoms with Crippen molar-refractivity contribution in [1.82, 2.24) is 10.2 Å². The summed E-state index contributed by atoms with van der Waals surface area (Å²) in [6.45, 7) is 2.80. The smallest absolute Gasteiger partial charge is 0.317 e. The predicted molar refractivity (Wildman–Crippen MR) is 78.9 cm³/mol. The second-order valence-corrected chi connectivity index (χ2v) is 7.31. The third kappa shape index (κ3) is 3.44. The minimum atomic E-state index is -0.913. The van der Waals surface area contributed by atoms with Gasteiger partial charge in [-0.1, -0.05) is 23.2 Å². The molecule has 0 bridgehead atoms. The number of amides is 1. The van der Waals surface area contributed by atoms with Gasteiger partial charge in [-0.2, -0.15) is 0 Å². The minimum absolute atomic E-state index is 0.121. The normalized spacial score (nSPS) is 22.2. The van der Waals surface area contributed by atoms with Crippen molar-refractivity contribution in [3.05, 3.63) is 20.3 Å². The number of likely N-dealkylation sites (tertiary alicyclic amines) is 1. The summed E-state index contributed by atoms with van der Waals surface area (Å²) in [7, 11) is 0. The van der Waals surface area contributed by atoms with Crippen LogP contribution in [-0.2, 0) is 4.79 Å². The topological polar surface area (TPSA) is 69.6 Å². The molecule has 1 fully saturated rings. The molecule has 2 heterocycles. The van der Waals surface area contributed by atoms with Gasteiger partial charge in [-0.15, -0.1) is 11.3 Å². The van der Waals surface area contributed by atoms with Crippen LogP contribution < -0.4 is 5.32 Å². The van der Waals surface area contributed by atoms with E-state index in [1.165, 1.54) is 0 Å². The molecule has 5 nitrogen and oxygen atoms in total. The van der Waals surface area contributed by atoms with Gasteiger partial charge >= 0.3 is 5.97 Å². The number of carboxylic acid groups (broad SMARTS) is 1. The molecule has 0 radical (unpaired) electrons. The van der Waals surface area contributed by atoms with Crippen molar-refractivity contribution >= 4 is 46.4 Å². The molecule has 1 aliphatic heterocycles. The van der Waals surface area contributed by atoms with E-state index in [0.29, 0.717) is 33.7 Å². The molecule has 2 N–H and O–H groups in total. The summed E-state index contributed by atoms with van der Waals surface area (Å²) in [4.78, 5) is 24.6. The molecule has 0 saturated carbocycles. The average molecular weight is 337 g/mol. The second-order valence-electron chi connectivity index (χ2n) is 5.02. The van der Waals surface area contributed by atoms with Crippen LogP contribution in [0.15, 0.2) is 6.07 Å². The van der Waals surface area contributed by atoms with Gasteiger partial charge in [0.15, 0.2) is 0 Å². The summed E-state index contributed by atoms with van der Waals surface area (Å²) in [5, 5.41) is 11.7. The quantitative estimate of drug-likeness (QED) is 0.885. The lowest BCUT2D eigenvalue weighted by atomic mass is 10.0. The number of carbonyl (C=O) groups is 2. The number of carboxylic acids is 1. The van der Waals surface area contributed by atoms with Gasteiger partial charge in [0, 0.05) is 18.6 Å². The Morgan fingerprint density at radius 1 is 1.55 bits per heavy atom. The number of thiophene rings is 1. The predicted octanol–water partition coefficient (Wildman–Crippen LogP) is 2.33. The summed E-state index contributed by atoms with van der Waals surface area (Å²) in [5.74, 6) is -1.08. The van der Waals surface area contributed by atoms with E-state index in [9.17, 15) is 9.59 Å². The lowest BCUT2D eigenvalue weighted by Gasteiger charge is -2.25. The van der Waals surface area contributed by atoms with E-state index in [4.69, 9.17) is 28.3 Å². The van der Waals surface area contributed by atoms with E-state index in [2.05, 4.69) is 5.32 Å². The van der Waals surface area contributed by atoms with Crippen LogP contribution in [0.1, 0.15) is 23.7 Å². The van der Waals surface area contributed by atoms with Crippen LogP contribution in [0.2, 0.25) is 8.67 Å². The Balaban J connectivity index is 2.03. The molecule has 1 atom stereocenters. The zero-order valence-electron chi connectivity index (χ0n) is 10.8.